The first kappa shape index (κ1) is 10.9. The van der Waals surface area contributed by atoms with Gasteiger partial charge in [0.15, 0.2) is 0 Å². The number of hydrogen-bond acceptors (Lipinski definition) is 2. The largest absolute Gasteiger partial charge is 0.342 e. The monoisotopic (exact) mass is 219 g/mol. The van der Waals surface area contributed by atoms with Gasteiger partial charge < -0.3 is 4.98 Å². The lowest BCUT2D eigenvalue weighted by Gasteiger charge is -2.16. The molecular weight excluding hydrogens is 202 g/mol. The maximum Gasteiger partial charge on any atom is 0.202 e. The average Bonchev–Trinajstić information content (AvgIpc) is 2.60. The van der Waals surface area contributed by atoms with E-state index < -0.39 is 0 Å². The molecule has 0 aliphatic heterocycles. The second kappa shape index (κ2) is 4.12. The summed E-state index contributed by atoms with van der Waals surface area (Å²) >= 11 is 0. The maximum absolute atomic E-state index is 11.2. The molecule has 0 fully saturated rings. The van der Waals surface area contributed by atoms with Crippen LogP contribution in [-0.2, 0) is 0 Å². The molecule has 0 aliphatic carbocycles. The molecule has 0 amide bonds. The number of fused-ring (bicyclic) bond motifs is 1. The van der Waals surface area contributed by atoms with Gasteiger partial charge in [-0.15, -0.1) is 0 Å². The molecule has 0 aliphatic rings. The Hall–Kier alpha value is -1.58. The van der Waals surface area contributed by atoms with Gasteiger partial charge in [-0.3, -0.25) is 4.79 Å². The highest BCUT2D eigenvalue weighted by Gasteiger charge is 2.16. The Kier molecular flexibility index (Phi) is 2.81. The summed E-state index contributed by atoms with van der Waals surface area (Å²) in [6.07, 6.45) is 4.39. The van der Waals surface area contributed by atoms with Crippen molar-refractivity contribution in [2.75, 3.05) is 0 Å². The van der Waals surface area contributed by atoms with Crippen molar-refractivity contribution in [3.8, 4) is 0 Å². The highest BCUT2D eigenvalue weighted by atomic mass is 16.1. The number of aromatic amines is 1. The highest BCUT2D eigenvalue weighted by molar-refractivity contribution is 5.38. The van der Waals surface area contributed by atoms with Crippen LogP contribution in [0.15, 0.2) is 23.3 Å². The number of rotatable bonds is 3. The maximum atomic E-state index is 11.2. The van der Waals surface area contributed by atoms with E-state index in [9.17, 15) is 4.79 Å². The molecule has 0 spiro atoms. The first-order valence-electron chi connectivity index (χ1n) is 5.69. The third-order valence-corrected chi connectivity index (χ3v) is 3.01. The molecular formula is C12H17N3O. The van der Waals surface area contributed by atoms with Gasteiger partial charge in [0.05, 0.1) is 12.4 Å². The first-order valence-corrected chi connectivity index (χ1v) is 5.69. The zero-order valence-corrected chi connectivity index (χ0v) is 9.90. The summed E-state index contributed by atoms with van der Waals surface area (Å²) in [5, 5.41) is 4.05. The smallest absolute Gasteiger partial charge is 0.202 e. The Morgan fingerprint density at radius 1 is 1.50 bits per heavy atom. The Labute approximate surface area is 94.3 Å². The van der Waals surface area contributed by atoms with Crippen LogP contribution in [0, 0.1) is 5.92 Å². The number of nitrogens with one attached hydrogen (secondary N) is 1. The highest BCUT2D eigenvalue weighted by Crippen LogP contribution is 2.26. The fraction of sp³-hybridized carbons (Fsp3) is 0.500. The molecule has 0 saturated heterocycles. The van der Waals surface area contributed by atoms with Gasteiger partial charge in [-0.1, -0.05) is 20.8 Å². The van der Waals surface area contributed by atoms with Gasteiger partial charge in [-0.2, -0.15) is 5.10 Å². The zero-order valence-electron chi connectivity index (χ0n) is 9.90. The van der Waals surface area contributed by atoms with Gasteiger partial charge in [0.2, 0.25) is 5.43 Å². The second-order valence-electron chi connectivity index (χ2n) is 4.49. The van der Waals surface area contributed by atoms with Crippen LogP contribution < -0.4 is 5.43 Å². The average molecular weight is 219 g/mol. The Morgan fingerprint density at radius 2 is 2.25 bits per heavy atom. The van der Waals surface area contributed by atoms with Crippen LogP contribution in [0.3, 0.4) is 0 Å². The van der Waals surface area contributed by atoms with Crippen molar-refractivity contribution in [3.05, 3.63) is 34.4 Å². The minimum Gasteiger partial charge on any atom is -0.342 e. The summed E-state index contributed by atoms with van der Waals surface area (Å²) in [6, 6.07) is 1.57. The molecule has 86 valence electrons. The topological polar surface area (TPSA) is 50.2 Å². The number of nitrogens with zero attached hydrogens (tertiary/aromatic N) is 2. The molecule has 1 unspecified atom stereocenters. The minimum atomic E-state index is -0.0639. The number of hydrogen-bond donors (Lipinski definition) is 1. The lowest BCUT2D eigenvalue weighted by molar-refractivity contribution is 0.476. The molecule has 1 atom stereocenters. The van der Waals surface area contributed by atoms with E-state index in [-0.39, 0.29) is 5.43 Å². The van der Waals surface area contributed by atoms with E-state index >= 15 is 0 Å². The first-order chi connectivity index (χ1) is 7.61. The van der Waals surface area contributed by atoms with Crippen LogP contribution in [-0.4, -0.2) is 14.6 Å². The van der Waals surface area contributed by atoms with E-state index in [0.29, 0.717) is 11.8 Å². The van der Waals surface area contributed by atoms with Crippen molar-refractivity contribution >= 4 is 5.65 Å². The molecule has 2 heterocycles. The van der Waals surface area contributed by atoms with E-state index in [1.54, 1.807) is 10.6 Å². The summed E-state index contributed by atoms with van der Waals surface area (Å²) in [5.41, 5.74) is 1.85. The predicted molar refractivity (Wildman–Crippen MR) is 63.7 cm³/mol. The van der Waals surface area contributed by atoms with Crippen LogP contribution in [0.2, 0.25) is 0 Å². The van der Waals surface area contributed by atoms with Crippen LogP contribution in [0.25, 0.3) is 5.65 Å². The van der Waals surface area contributed by atoms with Gasteiger partial charge >= 0.3 is 0 Å². The van der Waals surface area contributed by atoms with Crippen molar-refractivity contribution in [1.29, 1.82) is 0 Å². The summed E-state index contributed by atoms with van der Waals surface area (Å²) in [4.78, 5) is 14.4. The lowest BCUT2D eigenvalue weighted by Crippen LogP contribution is -2.05. The molecule has 4 nitrogen and oxygen atoms in total. The molecule has 0 bridgehead atoms. The van der Waals surface area contributed by atoms with Gasteiger partial charge in [0.25, 0.3) is 0 Å². The van der Waals surface area contributed by atoms with E-state index in [1.165, 1.54) is 6.20 Å². The third-order valence-electron chi connectivity index (χ3n) is 3.01. The molecule has 0 radical (unpaired) electrons. The van der Waals surface area contributed by atoms with Crippen molar-refractivity contribution in [1.82, 2.24) is 14.6 Å². The molecule has 4 heteroatoms. The number of aromatic nitrogens is 3. The van der Waals surface area contributed by atoms with E-state index in [2.05, 4.69) is 30.9 Å². The molecule has 0 saturated carbocycles. The van der Waals surface area contributed by atoms with Crippen molar-refractivity contribution in [2.24, 2.45) is 5.92 Å². The minimum absolute atomic E-state index is 0.0639. The van der Waals surface area contributed by atoms with Crippen LogP contribution in [0.5, 0.6) is 0 Å². The van der Waals surface area contributed by atoms with Crippen LogP contribution in [0.1, 0.15) is 38.8 Å². The lowest BCUT2D eigenvalue weighted by atomic mass is 9.91. The van der Waals surface area contributed by atoms with Crippen molar-refractivity contribution in [3.63, 3.8) is 0 Å². The van der Waals surface area contributed by atoms with Gasteiger partial charge in [0, 0.05) is 17.7 Å². The fourth-order valence-corrected chi connectivity index (χ4v) is 2.17. The Balaban J connectivity index is 2.50. The summed E-state index contributed by atoms with van der Waals surface area (Å²) < 4.78 is 1.72. The van der Waals surface area contributed by atoms with E-state index in [4.69, 9.17) is 0 Å². The summed E-state index contributed by atoms with van der Waals surface area (Å²) in [6.45, 7) is 6.58. The van der Waals surface area contributed by atoms with Gasteiger partial charge in [-0.25, -0.2) is 4.52 Å². The quantitative estimate of drug-likeness (QED) is 0.860. The van der Waals surface area contributed by atoms with Crippen molar-refractivity contribution < 1.29 is 0 Å². The predicted octanol–water partition coefficient (Wildman–Crippen LogP) is 2.17. The van der Waals surface area contributed by atoms with Crippen LogP contribution in [0.4, 0.5) is 0 Å². The summed E-state index contributed by atoms with van der Waals surface area (Å²) in [5.74, 6) is 1.06. The van der Waals surface area contributed by atoms with Gasteiger partial charge in [-0.05, 0) is 12.3 Å². The molecule has 16 heavy (non-hydrogen) atoms. The van der Waals surface area contributed by atoms with Crippen molar-refractivity contribution in [2.45, 2.75) is 33.1 Å². The van der Waals surface area contributed by atoms with Crippen LogP contribution >= 0.6 is 0 Å². The van der Waals surface area contributed by atoms with E-state index in [0.717, 1.165) is 17.8 Å². The fourth-order valence-electron chi connectivity index (χ4n) is 2.17. The zero-order chi connectivity index (χ0) is 11.7. The molecule has 2 aromatic rings. The Morgan fingerprint density at radius 3 is 2.88 bits per heavy atom. The molecule has 2 aromatic heterocycles. The second-order valence-corrected chi connectivity index (χ2v) is 4.49. The molecule has 2 rings (SSSR count). The molecule has 0 aromatic carbocycles. The molecule has 1 N–H and O–H groups in total. The number of imidazole rings is 1. The SMILES string of the molecule is CCC(c1cn2ncc(=O)cc2[nH]1)C(C)C. The standard InChI is InChI=1S/C12H17N3O/c1-4-10(8(2)3)11-7-15-12(14-11)5-9(16)6-13-15/h5-8,10,14H,4H2,1-3H3. The Bertz CT molecular complexity index is 538. The van der Waals surface area contributed by atoms with Gasteiger partial charge in [0.1, 0.15) is 5.65 Å². The summed E-state index contributed by atoms with van der Waals surface area (Å²) in [7, 11) is 0. The number of H-pyrrole nitrogens is 1. The van der Waals surface area contributed by atoms with E-state index in [1.807, 2.05) is 6.20 Å². The normalized spacial score (nSPS) is 13.5. The third kappa shape index (κ3) is 1.87.